The predicted octanol–water partition coefficient (Wildman–Crippen LogP) is 12.3. The summed E-state index contributed by atoms with van der Waals surface area (Å²) in [5.41, 5.74) is 14.8. The number of fused-ring (bicyclic) bond motifs is 9. The Morgan fingerprint density at radius 3 is 1.36 bits per heavy atom. The van der Waals surface area contributed by atoms with Gasteiger partial charge in [-0.2, -0.15) is 0 Å². The van der Waals surface area contributed by atoms with E-state index in [0.717, 1.165) is 33.5 Å². The molecule has 1 aliphatic carbocycles. The third kappa shape index (κ3) is 4.36. The average molecular weight is 679 g/mol. The first-order valence-electron chi connectivity index (χ1n) is 18.3. The van der Waals surface area contributed by atoms with Crippen molar-refractivity contribution in [2.45, 2.75) is 19.3 Å². The van der Waals surface area contributed by atoms with Crippen LogP contribution in [0.4, 0.5) is 0 Å². The lowest BCUT2D eigenvalue weighted by Gasteiger charge is -2.22. The van der Waals surface area contributed by atoms with E-state index >= 15 is 0 Å². The minimum Gasteiger partial charge on any atom is -0.309 e. The minimum atomic E-state index is -0.242. The molecule has 3 aromatic heterocycles. The zero-order valence-corrected chi connectivity index (χ0v) is 29.5. The number of hydrogen-bond donors (Lipinski definition) is 0. The van der Waals surface area contributed by atoms with Crippen LogP contribution in [0.15, 0.2) is 170 Å². The number of para-hydroxylation sites is 3. The summed E-state index contributed by atoms with van der Waals surface area (Å²) < 4.78 is 4.69. The molecular formula is C49H34N4. The van der Waals surface area contributed by atoms with Crippen LogP contribution in [0.3, 0.4) is 0 Å². The van der Waals surface area contributed by atoms with Gasteiger partial charge in [-0.15, -0.1) is 0 Å². The van der Waals surface area contributed by atoms with E-state index in [9.17, 15) is 0 Å². The van der Waals surface area contributed by atoms with Crippen LogP contribution in [0.5, 0.6) is 0 Å². The highest BCUT2D eigenvalue weighted by Crippen LogP contribution is 2.53. The summed E-state index contributed by atoms with van der Waals surface area (Å²) in [4.78, 5) is 10.6. The smallest absolute Gasteiger partial charge is 0.235 e. The van der Waals surface area contributed by atoms with Crippen molar-refractivity contribution in [2.24, 2.45) is 0 Å². The topological polar surface area (TPSA) is 35.6 Å². The lowest BCUT2D eigenvalue weighted by molar-refractivity contribution is 0.661. The fourth-order valence-electron chi connectivity index (χ4n) is 8.77. The van der Waals surface area contributed by atoms with E-state index in [-0.39, 0.29) is 5.41 Å². The molecule has 10 aromatic rings. The second-order valence-corrected chi connectivity index (χ2v) is 14.7. The van der Waals surface area contributed by atoms with Gasteiger partial charge in [0.25, 0.3) is 0 Å². The monoisotopic (exact) mass is 678 g/mol. The second-order valence-electron chi connectivity index (χ2n) is 14.7. The maximum atomic E-state index is 5.29. The van der Waals surface area contributed by atoms with Crippen molar-refractivity contribution in [3.63, 3.8) is 0 Å². The van der Waals surface area contributed by atoms with E-state index in [1.54, 1.807) is 0 Å². The maximum Gasteiger partial charge on any atom is 0.235 e. The maximum absolute atomic E-state index is 5.29. The van der Waals surface area contributed by atoms with Crippen LogP contribution in [-0.4, -0.2) is 19.1 Å². The fourth-order valence-corrected chi connectivity index (χ4v) is 8.77. The largest absolute Gasteiger partial charge is 0.309 e. The zero-order valence-electron chi connectivity index (χ0n) is 29.5. The number of nitrogens with zero attached hydrogens (tertiary/aromatic N) is 4. The van der Waals surface area contributed by atoms with Gasteiger partial charge in [0.1, 0.15) is 0 Å². The molecule has 0 amide bonds. The fraction of sp³-hybridized carbons (Fsp3) is 0.0612. The molecule has 0 radical (unpaired) electrons. The normalized spacial score (nSPS) is 13.2. The first-order chi connectivity index (χ1) is 26.0. The Balaban J connectivity index is 1.19. The van der Waals surface area contributed by atoms with Crippen molar-refractivity contribution in [3.8, 4) is 45.3 Å². The summed E-state index contributed by atoms with van der Waals surface area (Å²) in [6.07, 6.45) is 0. The van der Waals surface area contributed by atoms with Gasteiger partial charge in [0.2, 0.25) is 5.95 Å². The van der Waals surface area contributed by atoms with Gasteiger partial charge in [0, 0.05) is 43.8 Å². The molecule has 7 aromatic carbocycles. The Hall–Kier alpha value is -6.78. The third-order valence-corrected chi connectivity index (χ3v) is 11.3. The molecule has 0 spiro atoms. The molecule has 53 heavy (non-hydrogen) atoms. The highest BCUT2D eigenvalue weighted by molar-refractivity contribution is 6.14. The Morgan fingerprint density at radius 2 is 0.830 bits per heavy atom. The van der Waals surface area contributed by atoms with Gasteiger partial charge in [0.15, 0.2) is 0 Å². The summed E-state index contributed by atoms with van der Waals surface area (Å²) in [6, 6.07) is 60.9. The first-order valence-corrected chi connectivity index (χ1v) is 18.3. The van der Waals surface area contributed by atoms with E-state index < -0.39 is 0 Å². The highest BCUT2D eigenvalue weighted by atomic mass is 15.2. The summed E-state index contributed by atoms with van der Waals surface area (Å²) >= 11 is 0. The number of hydrogen-bond acceptors (Lipinski definition) is 2. The Bertz CT molecular complexity index is 3000. The van der Waals surface area contributed by atoms with E-state index in [1.807, 2.05) is 12.1 Å². The van der Waals surface area contributed by atoms with Crippen molar-refractivity contribution in [3.05, 3.63) is 181 Å². The lowest BCUT2D eigenvalue weighted by atomic mass is 9.82. The Labute approximate surface area is 307 Å². The van der Waals surface area contributed by atoms with Crippen molar-refractivity contribution in [1.29, 1.82) is 0 Å². The van der Waals surface area contributed by atoms with Crippen LogP contribution >= 0.6 is 0 Å². The van der Waals surface area contributed by atoms with E-state index in [1.165, 1.54) is 60.5 Å². The molecule has 0 aliphatic heterocycles. The van der Waals surface area contributed by atoms with Crippen molar-refractivity contribution in [2.75, 3.05) is 0 Å². The van der Waals surface area contributed by atoms with Crippen LogP contribution in [0.2, 0.25) is 0 Å². The summed E-state index contributed by atoms with van der Waals surface area (Å²) in [6.45, 7) is 4.75. The number of benzene rings is 7. The van der Waals surface area contributed by atoms with Gasteiger partial charge >= 0.3 is 0 Å². The van der Waals surface area contributed by atoms with Crippen LogP contribution < -0.4 is 0 Å². The lowest BCUT2D eigenvalue weighted by Crippen LogP contribution is -2.15. The predicted molar refractivity (Wildman–Crippen MR) is 219 cm³/mol. The summed E-state index contributed by atoms with van der Waals surface area (Å²) in [5.74, 6) is 0.666. The first kappa shape index (κ1) is 29.9. The molecule has 250 valence electrons. The van der Waals surface area contributed by atoms with Gasteiger partial charge in [-0.05, 0) is 76.9 Å². The summed E-state index contributed by atoms with van der Waals surface area (Å²) in [7, 11) is 0. The van der Waals surface area contributed by atoms with E-state index in [2.05, 4.69) is 181 Å². The quantitative estimate of drug-likeness (QED) is 0.186. The van der Waals surface area contributed by atoms with Crippen LogP contribution in [0.1, 0.15) is 25.0 Å². The zero-order chi connectivity index (χ0) is 35.3. The molecule has 3 heterocycles. The molecule has 4 nitrogen and oxygen atoms in total. The SMILES string of the molecule is CC1(C)c2cc3c(cc2-c2cc4c5ccccc5n(-c5nc(-c6ccccc6)cc(-c6ccccc6)n5)c4cc21)c1ccccc1n3-c1ccccc1. The molecule has 0 N–H and O–H groups in total. The van der Waals surface area contributed by atoms with Crippen LogP contribution in [-0.2, 0) is 5.41 Å². The number of rotatable bonds is 4. The average Bonchev–Trinajstić information content (AvgIpc) is 3.79. The van der Waals surface area contributed by atoms with Crippen molar-refractivity contribution < 1.29 is 0 Å². The second kappa shape index (κ2) is 11.1. The van der Waals surface area contributed by atoms with Gasteiger partial charge in [-0.1, -0.05) is 129 Å². The molecule has 0 bridgehead atoms. The molecule has 0 atom stereocenters. The van der Waals surface area contributed by atoms with Gasteiger partial charge in [-0.3, -0.25) is 4.57 Å². The summed E-state index contributed by atoms with van der Waals surface area (Å²) in [5, 5.41) is 4.93. The van der Waals surface area contributed by atoms with Crippen LogP contribution in [0, 0.1) is 0 Å². The number of aromatic nitrogens is 4. The molecule has 0 fully saturated rings. The minimum absolute atomic E-state index is 0.242. The standard InChI is InChI=1S/C49H34N4/c1-49(2)40-28-46-38(34-22-12-14-24-44(34)52(46)33-20-10-5-11-21-33)26-36(40)37-27-39-35-23-13-15-25-45(35)53(47(39)29-41(37)49)48-50-42(31-16-6-3-7-17-31)30-43(51-48)32-18-8-4-9-19-32/h3-30H,1-2H3. The third-order valence-electron chi connectivity index (χ3n) is 11.3. The highest BCUT2D eigenvalue weighted by Gasteiger charge is 2.37. The van der Waals surface area contributed by atoms with Gasteiger partial charge in [0.05, 0.1) is 33.5 Å². The Kier molecular flexibility index (Phi) is 6.27. The van der Waals surface area contributed by atoms with E-state index in [0.29, 0.717) is 5.95 Å². The molecule has 4 heteroatoms. The van der Waals surface area contributed by atoms with Crippen molar-refractivity contribution in [1.82, 2.24) is 19.1 Å². The molecule has 1 aliphatic rings. The Morgan fingerprint density at radius 1 is 0.396 bits per heavy atom. The van der Waals surface area contributed by atoms with Crippen molar-refractivity contribution >= 4 is 43.6 Å². The molecule has 0 saturated heterocycles. The molecule has 11 rings (SSSR count). The molecule has 0 saturated carbocycles. The van der Waals surface area contributed by atoms with Gasteiger partial charge < -0.3 is 4.57 Å². The molecule has 0 unspecified atom stereocenters. The molecular weight excluding hydrogens is 645 g/mol. The van der Waals surface area contributed by atoms with Gasteiger partial charge in [-0.25, -0.2) is 9.97 Å². The van der Waals surface area contributed by atoms with Crippen LogP contribution in [0.25, 0.3) is 88.9 Å². The van der Waals surface area contributed by atoms with E-state index in [4.69, 9.17) is 9.97 Å².